The molecule has 0 saturated carbocycles. The highest BCUT2D eigenvalue weighted by molar-refractivity contribution is 6.37. The summed E-state index contributed by atoms with van der Waals surface area (Å²) >= 11 is 0. The van der Waals surface area contributed by atoms with Crippen LogP contribution in [0.3, 0.4) is 0 Å². The van der Waals surface area contributed by atoms with Crippen LogP contribution in [-0.2, 0) is 19.1 Å². The summed E-state index contributed by atoms with van der Waals surface area (Å²) in [7, 11) is 0. The molecule has 25 heavy (non-hydrogen) atoms. The summed E-state index contributed by atoms with van der Waals surface area (Å²) in [6, 6.07) is 8.93. The van der Waals surface area contributed by atoms with Crippen molar-refractivity contribution in [3.05, 3.63) is 30.3 Å². The Hall–Kier alpha value is -3.56. The maximum absolute atomic E-state index is 11.8. The van der Waals surface area contributed by atoms with Gasteiger partial charge in [0.1, 0.15) is 5.71 Å². The van der Waals surface area contributed by atoms with Gasteiger partial charge in [-0.2, -0.15) is 5.10 Å². The first kappa shape index (κ1) is 16.3. The van der Waals surface area contributed by atoms with E-state index < -0.39 is 18.5 Å². The molecule has 3 rings (SSSR count). The van der Waals surface area contributed by atoms with Crippen LogP contribution >= 0.6 is 0 Å². The van der Waals surface area contributed by atoms with Crippen molar-refractivity contribution in [1.29, 1.82) is 0 Å². The molecule has 128 valence electrons. The monoisotopic (exact) mass is 343 g/mol. The van der Waals surface area contributed by atoms with E-state index in [0.29, 0.717) is 5.56 Å². The van der Waals surface area contributed by atoms with Gasteiger partial charge in [-0.05, 0) is 12.1 Å². The second kappa shape index (κ2) is 7.34. The average molecular weight is 343 g/mol. The Morgan fingerprint density at radius 2 is 2.00 bits per heavy atom. The third-order valence-electron chi connectivity index (χ3n) is 3.17. The van der Waals surface area contributed by atoms with Crippen molar-refractivity contribution in [1.82, 2.24) is 15.6 Å². The lowest BCUT2D eigenvalue weighted by Gasteiger charge is -2.10. The van der Waals surface area contributed by atoms with E-state index in [0.717, 1.165) is 0 Å². The number of anilines is 1. The lowest BCUT2D eigenvalue weighted by molar-refractivity contribution is -0.140. The Labute approximate surface area is 141 Å². The van der Waals surface area contributed by atoms with Crippen LogP contribution in [0.4, 0.5) is 6.01 Å². The van der Waals surface area contributed by atoms with E-state index in [-0.39, 0.29) is 36.4 Å². The Bertz CT molecular complexity index is 830. The van der Waals surface area contributed by atoms with Gasteiger partial charge in [-0.3, -0.25) is 14.9 Å². The Morgan fingerprint density at radius 1 is 1.20 bits per heavy atom. The average Bonchev–Trinajstić information content (AvgIpc) is 3.09. The maximum atomic E-state index is 11.8. The summed E-state index contributed by atoms with van der Waals surface area (Å²) in [5.41, 5.74) is 2.93. The predicted molar refractivity (Wildman–Crippen MR) is 84.1 cm³/mol. The van der Waals surface area contributed by atoms with Gasteiger partial charge in [0.2, 0.25) is 11.8 Å². The minimum atomic E-state index is -0.773. The van der Waals surface area contributed by atoms with Gasteiger partial charge in [-0.25, -0.2) is 10.2 Å². The molecule has 0 saturated heterocycles. The Kier molecular flexibility index (Phi) is 4.79. The predicted octanol–water partition coefficient (Wildman–Crippen LogP) is 0.484. The number of rotatable bonds is 5. The molecular weight excluding hydrogens is 330 g/mol. The van der Waals surface area contributed by atoms with Crippen LogP contribution < -0.4 is 10.7 Å². The number of ether oxygens (including phenoxy) is 1. The largest absolute Gasteiger partial charge is 0.451 e. The number of benzene rings is 1. The number of esters is 1. The fourth-order valence-electron chi connectivity index (χ4n) is 1.96. The lowest BCUT2D eigenvalue weighted by atomic mass is 10.2. The van der Waals surface area contributed by atoms with Crippen molar-refractivity contribution in [2.45, 2.75) is 12.8 Å². The molecule has 0 fully saturated rings. The van der Waals surface area contributed by atoms with E-state index in [1.807, 2.05) is 18.2 Å². The van der Waals surface area contributed by atoms with Crippen LogP contribution in [0.5, 0.6) is 0 Å². The summed E-state index contributed by atoms with van der Waals surface area (Å²) in [4.78, 5) is 34.4. The van der Waals surface area contributed by atoms with Gasteiger partial charge in [0.05, 0.1) is 0 Å². The number of amides is 2. The molecule has 0 unspecified atom stereocenters. The summed E-state index contributed by atoms with van der Waals surface area (Å²) in [5.74, 6) is -1.44. The quantitative estimate of drug-likeness (QED) is 0.754. The van der Waals surface area contributed by atoms with Crippen LogP contribution in [-0.4, -0.2) is 40.3 Å². The number of hydrazone groups is 1. The second-order valence-electron chi connectivity index (χ2n) is 5.00. The fraction of sp³-hybridized carbons (Fsp3) is 0.200. The molecule has 0 bridgehead atoms. The zero-order valence-electron chi connectivity index (χ0n) is 12.9. The molecule has 1 aliphatic heterocycles. The summed E-state index contributed by atoms with van der Waals surface area (Å²) in [6.07, 6.45) is 0.306. The van der Waals surface area contributed by atoms with Crippen LogP contribution in [0.2, 0.25) is 0 Å². The summed E-state index contributed by atoms with van der Waals surface area (Å²) < 4.78 is 10.1. The van der Waals surface area contributed by atoms with Gasteiger partial charge >= 0.3 is 12.0 Å². The minimum Gasteiger partial charge on any atom is -0.451 e. The molecule has 10 nitrogen and oxygen atoms in total. The van der Waals surface area contributed by atoms with Crippen molar-refractivity contribution in [2.75, 3.05) is 11.9 Å². The summed E-state index contributed by atoms with van der Waals surface area (Å²) in [6.45, 7) is -0.547. The molecule has 1 aromatic heterocycles. The van der Waals surface area contributed by atoms with Crippen molar-refractivity contribution in [3.63, 3.8) is 0 Å². The first-order valence-electron chi connectivity index (χ1n) is 7.33. The number of aromatic nitrogens is 2. The van der Waals surface area contributed by atoms with Crippen molar-refractivity contribution in [3.8, 4) is 11.5 Å². The van der Waals surface area contributed by atoms with E-state index in [2.05, 4.69) is 26.0 Å². The van der Waals surface area contributed by atoms with Crippen molar-refractivity contribution in [2.24, 2.45) is 5.10 Å². The van der Waals surface area contributed by atoms with Gasteiger partial charge in [0.25, 0.3) is 5.91 Å². The minimum absolute atomic E-state index is 0.0524. The molecule has 2 aromatic rings. The van der Waals surface area contributed by atoms with E-state index in [9.17, 15) is 14.4 Å². The van der Waals surface area contributed by atoms with Crippen LogP contribution in [0, 0.1) is 0 Å². The SMILES string of the molecule is O=C1CCC(C(=O)OCC(=O)Nc2nnc(-c3ccccc3)o2)=NN1. The topological polar surface area (TPSA) is 136 Å². The smallest absolute Gasteiger partial charge is 0.355 e. The number of hydrogen-bond donors (Lipinski definition) is 2. The number of nitrogens with zero attached hydrogens (tertiary/aromatic N) is 3. The highest BCUT2D eigenvalue weighted by Gasteiger charge is 2.21. The number of nitrogens with one attached hydrogen (secondary N) is 2. The molecule has 0 radical (unpaired) electrons. The van der Waals surface area contributed by atoms with Crippen molar-refractivity contribution < 1.29 is 23.5 Å². The Morgan fingerprint density at radius 3 is 2.72 bits per heavy atom. The van der Waals surface area contributed by atoms with E-state index in [4.69, 9.17) is 9.15 Å². The highest BCUT2D eigenvalue weighted by atomic mass is 16.5. The second-order valence-corrected chi connectivity index (χ2v) is 5.00. The zero-order chi connectivity index (χ0) is 17.6. The van der Waals surface area contributed by atoms with E-state index in [1.54, 1.807) is 12.1 Å². The van der Waals surface area contributed by atoms with Crippen LogP contribution in [0.25, 0.3) is 11.5 Å². The molecule has 0 aliphatic carbocycles. The lowest BCUT2D eigenvalue weighted by Crippen LogP contribution is -2.32. The van der Waals surface area contributed by atoms with Gasteiger partial charge < -0.3 is 9.15 Å². The highest BCUT2D eigenvalue weighted by Crippen LogP contribution is 2.18. The normalized spacial score (nSPS) is 13.6. The molecule has 10 heteroatoms. The molecular formula is C15H13N5O5. The third-order valence-corrected chi connectivity index (χ3v) is 3.17. The number of carbonyl (C=O) groups is 3. The zero-order valence-corrected chi connectivity index (χ0v) is 12.9. The summed E-state index contributed by atoms with van der Waals surface area (Å²) in [5, 5.41) is 13.4. The van der Waals surface area contributed by atoms with Crippen LogP contribution in [0.15, 0.2) is 39.9 Å². The first-order chi connectivity index (χ1) is 12.1. The number of carbonyl (C=O) groups excluding carboxylic acids is 3. The molecule has 2 heterocycles. The van der Waals surface area contributed by atoms with Gasteiger partial charge in [0, 0.05) is 18.4 Å². The van der Waals surface area contributed by atoms with Crippen LogP contribution in [0.1, 0.15) is 12.8 Å². The molecule has 2 amide bonds. The van der Waals surface area contributed by atoms with Crippen molar-refractivity contribution >= 4 is 29.5 Å². The molecule has 0 spiro atoms. The van der Waals surface area contributed by atoms with Gasteiger partial charge in [0.15, 0.2) is 6.61 Å². The molecule has 1 aliphatic rings. The first-order valence-corrected chi connectivity index (χ1v) is 7.33. The third kappa shape index (κ3) is 4.25. The Balaban J connectivity index is 1.51. The standard InChI is InChI=1S/C15H13N5O5/c21-11-7-6-10(17-18-11)14(23)24-8-12(22)16-15-20-19-13(25-15)9-4-2-1-3-5-9/h1-5H,6-8H2,(H,18,21)(H,16,20,22). The maximum Gasteiger partial charge on any atom is 0.355 e. The molecule has 2 N–H and O–H groups in total. The van der Waals surface area contributed by atoms with Gasteiger partial charge in [-0.15, -0.1) is 5.10 Å². The van der Waals surface area contributed by atoms with E-state index in [1.165, 1.54) is 0 Å². The number of hydrogen-bond acceptors (Lipinski definition) is 8. The molecule has 0 atom stereocenters. The molecule has 1 aromatic carbocycles. The fourth-order valence-corrected chi connectivity index (χ4v) is 1.96. The van der Waals surface area contributed by atoms with E-state index >= 15 is 0 Å². The van der Waals surface area contributed by atoms with Gasteiger partial charge in [-0.1, -0.05) is 23.3 Å².